The van der Waals surface area contributed by atoms with Gasteiger partial charge in [0.25, 0.3) is 5.79 Å². The number of fused-ring (bicyclic) bond motifs is 2. The molecular formula is C35H28ClF2N3O5. The number of carbonyl (C=O) groups is 2. The van der Waals surface area contributed by atoms with Crippen LogP contribution < -0.4 is 9.47 Å². The van der Waals surface area contributed by atoms with Crippen LogP contribution in [0.3, 0.4) is 0 Å². The van der Waals surface area contributed by atoms with E-state index in [2.05, 4.69) is 0 Å². The summed E-state index contributed by atoms with van der Waals surface area (Å²) in [5.41, 5.74) is 2.98. The van der Waals surface area contributed by atoms with Crippen LogP contribution in [-0.4, -0.2) is 44.0 Å². The van der Waals surface area contributed by atoms with Crippen molar-refractivity contribution in [2.45, 2.75) is 45.1 Å². The summed E-state index contributed by atoms with van der Waals surface area (Å²) in [4.78, 5) is 30.3. The van der Waals surface area contributed by atoms with Gasteiger partial charge < -0.3 is 24.0 Å². The van der Waals surface area contributed by atoms with E-state index in [1.165, 1.54) is 31.2 Å². The average Bonchev–Trinajstić information content (AvgIpc) is 3.52. The molecule has 2 aliphatic rings. The largest absolute Gasteiger partial charge is 0.478 e. The molecule has 1 aromatic heterocycles. The summed E-state index contributed by atoms with van der Waals surface area (Å²) in [7, 11) is 0. The molecule has 3 heterocycles. The van der Waals surface area contributed by atoms with Gasteiger partial charge in [-0.25, -0.2) is 18.6 Å². The minimum Gasteiger partial charge on any atom is -0.478 e. The van der Waals surface area contributed by atoms with E-state index in [1.54, 1.807) is 60.4 Å². The van der Waals surface area contributed by atoms with E-state index in [1.807, 2.05) is 4.57 Å². The van der Waals surface area contributed by atoms with Crippen molar-refractivity contribution in [3.8, 4) is 22.6 Å². The van der Waals surface area contributed by atoms with Gasteiger partial charge in [0.05, 0.1) is 28.2 Å². The number of amides is 1. The maximum absolute atomic E-state index is 15.8. The highest BCUT2D eigenvalue weighted by molar-refractivity contribution is 6.30. The van der Waals surface area contributed by atoms with Crippen molar-refractivity contribution < 1.29 is 33.0 Å². The number of carboxylic acid groups (broad SMARTS) is 1. The quantitative estimate of drug-likeness (QED) is 0.202. The molecule has 1 unspecified atom stereocenters. The zero-order valence-corrected chi connectivity index (χ0v) is 25.6. The van der Waals surface area contributed by atoms with E-state index in [0.29, 0.717) is 58.1 Å². The van der Waals surface area contributed by atoms with Gasteiger partial charge in [-0.05, 0) is 66.1 Å². The molecule has 4 aromatic carbocycles. The minimum atomic E-state index is -1.45. The lowest BCUT2D eigenvalue weighted by atomic mass is 10.0. The zero-order valence-electron chi connectivity index (χ0n) is 24.9. The van der Waals surface area contributed by atoms with E-state index in [9.17, 15) is 19.1 Å². The second-order valence-electron chi connectivity index (χ2n) is 11.7. The van der Waals surface area contributed by atoms with E-state index in [4.69, 9.17) is 26.1 Å². The summed E-state index contributed by atoms with van der Waals surface area (Å²) in [6.45, 7) is 4.20. The number of halogens is 3. The van der Waals surface area contributed by atoms with Crippen molar-refractivity contribution in [1.29, 1.82) is 0 Å². The summed E-state index contributed by atoms with van der Waals surface area (Å²) >= 11 is 5.94. The first kappa shape index (κ1) is 29.7. The number of imidazole rings is 1. The summed E-state index contributed by atoms with van der Waals surface area (Å²) < 4.78 is 44.8. The molecule has 2 atom stereocenters. The van der Waals surface area contributed by atoms with Crippen LogP contribution in [0.2, 0.25) is 5.02 Å². The van der Waals surface area contributed by atoms with Crippen LogP contribution in [0.4, 0.5) is 8.78 Å². The molecule has 1 amide bonds. The number of nitrogens with zero attached hydrogens (tertiary/aromatic N) is 3. The summed E-state index contributed by atoms with van der Waals surface area (Å²) in [5.74, 6) is -2.29. The first-order valence-electron chi connectivity index (χ1n) is 14.8. The number of para-hydroxylation sites is 1. The van der Waals surface area contributed by atoms with Gasteiger partial charge in [-0.3, -0.25) is 4.79 Å². The molecule has 0 aliphatic carbocycles. The predicted octanol–water partition coefficient (Wildman–Crippen LogP) is 7.19. The van der Waals surface area contributed by atoms with Crippen molar-refractivity contribution >= 4 is 34.5 Å². The number of carbonyl (C=O) groups excluding carboxylic acids is 1. The Morgan fingerprint density at radius 2 is 1.87 bits per heavy atom. The topological polar surface area (TPSA) is 93.9 Å². The fourth-order valence-electron chi connectivity index (χ4n) is 6.25. The second kappa shape index (κ2) is 11.1. The molecule has 0 radical (unpaired) electrons. The lowest BCUT2D eigenvalue weighted by Gasteiger charge is -2.41. The van der Waals surface area contributed by atoms with Crippen molar-refractivity contribution in [3.05, 3.63) is 112 Å². The summed E-state index contributed by atoms with van der Waals surface area (Å²) in [5, 5.41) is 9.83. The molecule has 11 heteroatoms. The van der Waals surface area contributed by atoms with Gasteiger partial charge in [0, 0.05) is 43.9 Å². The third kappa shape index (κ3) is 5.12. The number of aromatic carboxylic acids is 1. The van der Waals surface area contributed by atoms with Gasteiger partial charge >= 0.3 is 5.97 Å². The Kier molecular flexibility index (Phi) is 7.20. The number of ether oxygens (including phenoxy) is 2. The highest BCUT2D eigenvalue weighted by Gasteiger charge is 2.42. The molecular weight excluding hydrogens is 616 g/mol. The highest BCUT2D eigenvalue weighted by Crippen LogP contribution is 2.49. The Hall–Kier alpha value is -4.96. The maximum atomic E-state index is 15.8. The van der Waals surface area contributed by atoms with Gasteiger partial charge in [0.2, 0.25) is 5.91 Å². The van der Waals surface area contributed by atoms with Crippen LogP contribution in [-0.2, 0) is 23.5 Å². The van der Waals surface area contributed by atoms with Crippen molar-refractivity contribution in [2.75, 3.05) is 6.54 Å². The Morgan fingerprint density at radius 3 is 2.57 bits per heavy atom. The number of rotatable bonds is 7. The fourth-order valence-corrected chi connectivity index (χ4v) is 6.41. The summed E-state index contributed by atoms with van der Waals surface area (Å²) in [6, 6.07) is 19.0. The van der Waals surface area contributed by atoms with Crippen molar-refractivity contribution in [2.24, 2.45) is 0 Å². The molecule has 1 saturated heterocycles. The molecule has 8 nitrogen and oxygen atoms in total. The van der Waals surface area contributed by atoms with Crippen LogP contribution >= 0.6 is 11.6 Å². The highest BCUT2D eigenvalue weighted by atomic mass is 35.5. The summed E-state index contributed by atoms with van der Waals surface area (Å²) in [6.07, 6.45) is 0.938. The molecule has 7 rings (SSSR count). The molecule has 234 valence electrons. The predicted molar refractivity (Wildman–Crippen MR) is 167 cm³/mol. The van der Waals surface area contributed by atoms with Crippen LogP contribution in [0.5, 0.6) is 11.5 Å². The Balaban J connectivity index is 1.21. The Bertz CT molecular complexity index is 2060. The zero-order chi connectivity index (χ0) is 32.3. The standard InChI is InChI=1S/C35H28ClF2N3O5/c1-19(42)40-13-12-24(40)18-41-30-15-22(34(43)44)8-11-29(30)39-32(41)16-21-7-6-20(14-27(21)37)25-4-3-5-31-33(25)46-35(2,45-31)26-10-9-23(36)17-28(26)38/h3-11,14-15,17,24H,12-13,16,18H2,1-2H3,(H,43,44)/t24-,35?/m1/s1. The fraction of sp³-hybridized carbons (Fsp3) is 0.229. The van der Waals surface area contributed by atoms with Gasteiger partial charge in [-0.15, -0.1) is 0 Å². The third-order valence-electron chi connectivity index (χ3n) is 8.73. The number of carboxylic acids is 1. The van der Waals surface area contributed by atoms with Gasteiger partial charge in [-0.1, -0.05) is 35.9 Å². The minimum absolute atomic E-state index is 0.0320. The van der Waals surface area contributed by atoms with E-state index >= 15 is 4.39 Å². The lowest BCUT2D eigenvalue weighted by molar-refractivity contribution is -0.136. The van der Waals surface area contributed by atoms with E-state index < -0.39 is 23.4 Å². The molecule has 1 fully saturated rings. The molecule has 0 spiro atoms. The smallest absolute Gasteiger partial charge is 0.335 e. The molecule has 1 N–H and O–H groups in total. The monoisotopic (exact) mass is 643 g/mol. The van der Waals surface area contributed by atoms with E-state index in [0.717, 1.165) is 6.42 Å². The number of likely N-dealkylation sites (tertiary alicyclic amines) is 1. The molecule has 2 aliphatic heterocycles. The van der Waals surface area contributed by atoms with Crippen molar-refractivity contribution in [3.63, 3.8) is 0 Å². The molecule has 0 bridgehead atoms. The molecule has 0 saturated carbocycles. The van der Waals surface area contributed by atoms with Crippen molar-refractivity contribution in [1.82, 2.24) is 14.5 Å². The number of benzene rings is 4. The van der Waals surface area contributed by atoms with E-state index in [-0.39, 0.29) is 34.5 Å². The maximum Gasteiger partial charge on any atom is 0.335 e. The lowest BCUT2D eigenvalue weighted by Crippen LogP contribution is -2.52. The first-order valence-corrected chi connectivity index (χ1v) is 15.1. The van der Waals surface area contributed by atoms with Gasteiger partial charge in [-0.2, -0.15) is 0 Å². The molecule has 5 aromatic rings. The first-order chi connectivity index (χ1) is 22.0. The van der Waals surface area contributed by atoms with Gasteiger partial charge in [0.1, 0.15) is 17.5 Å². The average molecular weight is 644 g/mol. The second-order valence-corrected chi connectivity index (χ2v) is 12.1. The number of aromatic nitrogens is 2. The SMILES string of the molecule is CC(=O)N1CC[C@@H]1Cn1c(Cc2ccc(-c3cccc4c3OC(C)(c3ccc(Cl)cc3F)O4)cc2F)nc2ccc(C(=O)O)cc21. The number of hydrogen-bond acceptors (Lipinski definition) is 5. The van der Waals surface area contributed by atoms with Gasteiger partial charge in [0.15, 0.2) is 11.5 Å². The normalized spacial score (nSPS) is 18.5. The molecule has 46 heavy (non-hydrogen) atoms. The Morgan fingerprint density at radius 1 is 1.04 bits per heavy atom. The van der Waals surface area contributed by atoms with Crippen LogP contribution in [0, 0.1) is 11.6 Å². The van der Waals surface area contributed by atoms with Crippen LogP contribution in [0.15, 0.2) is 72.8 Å². The number of hydrogen-bond donors (Lipinski definition) is 1. The van der Waals surface area contributed by atoms with Crippen LogP contribution in [0.25, 0.3) is 22.2 Å². The third-order valence-corrected chi connectivity index (χ3v) is 8.96. The van der Waals surface area contributed by atoms with Crippen LogP contribution in [0.1, 0.15) is 47.6 Å². The Labute approximate surface area is 267 Å².